The van der Waals surface area contributed by atoms with Gasteiger partial charge in [0.2, 0.25) is 5.91 Å². The summed E-state index contributed by atoms with van der Waals surface area (Å²) in [4.78, 5) is 29.5. The van der Waals surface area contributed by atoms with E-state index in [-0.39, 0.29) is 18.4 Å². The van der Waals surface area contributed by atoms with Crippen molar-refractivity contribution >= 4 is 23.2 Å². The number of thiazole rings is 1. The lowest BCUT2D eigenvalue weighted by atomic mass is 9.97. The SMILES string of the molecule is Cc1csc(CCCC(=O)N2CCCCC2CCC(=O)O)n1. The molecule has 1 N–H and O–H groups in total. The van der Waals surface area contributed by atoms with Crippen LogP contribution in [0.3, 0.4) is 0 Å². The molecule has 0 saturated carbocycles. The molecule has 1 saturated heterocycles. The molecule has 1 aromatic rings. The van der Waals surface area contributed by atoms with E-state index in [9.17, 15) is 9.59 Å². The number of carbonyl (C=O) groups is 2. The van der Waals surface area contributed by atoms with Gasteiger partial charge in [0, 0.05) is 36.5 Å². The van der Waals surface area contributed by atoms with Crippen LogP contribution >= 0.6 is 11.3 Å². The summed E-state index contributed by atoms with van der Waals surface area (Å²) in [6.45, 7) is 2.76. The van der Waals surface area contributed by atoms with Gasteiger partial charge in [0.1, 0.15) is 0 Å². The fourth-order valence-corrected chi connectivity index (χ4v) is 3.79. The van der Waals surface area contributed by atoms with E-state index in [1.165, 1.54) is 0 Å². The molecule has 1 aliphatic rings. The monoisotopic (exact) mass is 324 g/mol. The molecule has 0 radical (unpaired) electrons. The molecule has 0 aromatic carbocycles. The first-order valence-electron chi connectivity index (χ1n) is 7.98. The number of rotatable bonds is 7. The van der Waals surface area contributed by atoms with E-state index >= 15 is 0 Å². The number of aromatic nitrogens is 1. The molecule has 6 heteroatoms. The van der Waals surface area contributed by atoms with Gasteiger partial charge in [-0.3, -0.25) is 9.59 Å². The number of nitrogens with zero attached hydrogens (tertiary/aromatic N) is 2. The highest BCUT2D eigenvalue weighted by molar-refractivity contribution is 7.09. The predicted octanol–water partition coefficient (Wildman–Crippen LogP) is 3.02. The third-order valence-electron chi connectivity index (χ3n) is 4.09. The molecular formula is C16H24N2O3S. The average Bonchev–Trinajstić information content (AvgIpc) is 2.91. The maximum Gasteiger partial charge on any atom is 0.303 e. The lowest BCUT2D eigenvalue weighted by molar-refractivity contribution is -0.140. The van der Waals surface area contributed by atoms with Crippen molar-refractivity contribution in [1.82, 2.24) is 9.88 Å². The van der Waals surface area contributed by atoms with Crippen LogP contribution in [0.4, 0.5) is 0 Å². The second kappa shape index (κ2) is 8.27. The summed E-state index contributed by atoms with van der Waals surface area (Å²) < 4.78 is 0. The van der Waals surface area contributed by atoms with Crippen molar-refractivity contribution < 1.29 is 14.7 Å². The van der Waals surface area contributed by atoms with Gasteiger partial charge < -0.3 is 10.0 Å². The normalized spacial score (nSPS) is 18.4. The quantitative estimate of drug-likeness (QED) is 0.837. The second-order valence-electron chi connectivity index (χ2n) is 5.91. The van der Waals surface area contributed by atoms with E-state index < -0.39 is 5.97 Å². The molecule has 1 fully saturated rings. The minimum absolute atomic E-state index is 0.111. The molecule has 0 aliphatic carbocycles. The Hall–Kier alpha value is -1.43. The number of aliphatic carboxylic acids is 1. The van der Waals surface area contributed by atoms with Crippen molar-refractivity contribution in [2.45, 2.75) is 64.3 Å². The fraction of sp³-hybridized carbons (Fsp3) is 0.688. The van der Waals surface area contributed by atoms with E-state index in [0.29, 0.717) is 12.8 Å². The Morgan fingerprint density at radius 3 is 2.91 bits per heavy atom. The van der Waals surface area contributed by atoms with E-state index in [0.717, 1.165) is 49.4 Å². The van der Waals surface area contributed by atoms with E-state index in [1.54, 1.807) is 11.3 Å². The number of carboxylic acid groups (broad SMARTS) is 1. The zero-order valence-electron chi connectivity index (χ0n) is 13.1. The zero-order chi connectivity index (χ0) is 15.9. The summed E-state index contributed by atoms with van der Waals surface area (Å²) in [5, 5.41) is 11.9. The maximum atomic E-state index is 12.4. The van der Waals surface area contributed by atoms with Crippen molar-refractivity contribution in [2.75, 3.05) is 6.54 Å². The minimum atomic E-state index is -0.780. The van der Waals surface area contributed by atoms with Crippen molar-refractivity contribution in [2.24, 2.45) is 0 Å². The summed E-state index contributed by atoms with van der Waals surface area (Å²) >= 11 is 1.65. The first kappa shape index (κ1) is 16.9. The van der Waals surface area contributed by atoms with Crippen molar-refractivity contribution in [1.29, 1.82) is 0 Å². The Kier molecular flexibility index (Phi) is 6.36. The Labute approximate surface area is 135 Å². The van der Waals surface area contributed by atoms with Gasteiger partial charge in [-0.15, -0.1) is 11.3 Å². The molecule has 1 atom stereocenters. The molecule has 2 rings (SSSR count). The summed E-state index contributed by atoms with van der Waals surface area (Å²) in [5.74, 6) is -0.611. The molecule has 1 aromatic heterocycles. The topological polar surface area (TPSA) is 70.5 Å². The number of carbonyl (C=O) groups excluding carboxylic acids is 1. The highest BCUT2D eigenvalue weighted by Crippen LogP contribution is 2.22. The average molecular weight is 324 g/mol. The number of likely N-dealkylation sites (tertiary alicyclic amines) is 1. The van der Waals surface area contributed by atoms with Crippen LogP contribution in [0.5, 0.6) is 0 Å². The van der Waals surface area contributed by atoms with Crippen molar-refractivity contribution in [3.05, 3.63) is 16.1 Å². The van der Waals surface area contributed by atoms with Crippen molar-refractivity contribution in [3.8, 4) is 0 Å². The Morgan fingerprint density at radius 1 is 1.41 bits per heavy atom. The zero-order valence-corrected chi connectivity index (χ0v) is 13.9. The first-order valence-corrected chi connectivity index (χ1v) is 8.86. The third kappa shape index (κ3) is 5.09. The molecule has 0 bridgehead atoms. The molecule has 22 heavy (non-hydrogen) atoms. The van der Waals surface area contributed by atoms with Crippen LogP contribution in [-0.2, 0) is 16.0 Å². The number of hydrogen-bond acceptors (Lipinski definition) is 4. The second-order valence-corrected chi connectivity index (χ2v) is 6.85. The largest absolute Gasteiger partial charge is 0.481 e. The van der Waals surface area contributed by atoms with Gasteiger partial charge in [0.05, 0.1) is 5.01 Å². The van der Waals surface area contributed by atoms with Gasteiger partial charge in [0.15, 0.2) is 0 Å². The van der Waals surface area contributed by atoms with Crippen LogP contribution in [0.15, 0.2) is 5.38 Å². The first-order chi connectivity index (χ1) is 10.6. The molecule has 1 unspecified atom stereocenters. The van der Waals surface area contributed by atoms with Gasteiger partial charge in [-0.1, -0.05) is 0 Å². The molecular weight excluding hydrogens is 300 g/mol. The van der Waals surface area contributed by atoms with Crippen LogP contribution in [-0.4, -0.2) is 39.5 Å². The molecule has 122 valence electrons. The van der Waals surface area contributed by atoms with E-state index in [1.807, 2.05) is 17.2 Å². The Bertz CT molecular complexity index is 515. The van der Waals surface area contributed by atoms with Crippen molar-refractivity contribution in [3.63, 3.8) is 0 Å². The molecule has 1 aliphatic heterocycles. The lowest BCUT2D eigenvalue weighted by Gasteiger charge is -2.35. The molecule has 1 amide bonds. The van der Waals surface area contributed by atoms with Gasteiger partial charge in [-0.25, -0.2) is 4.98 Å². The van der Waals surface area contributed by atoms with Gasteiger partial charge in [0.25, 0.3) is 0 Å². The number of hydrogen-bond donors (Lipinski definition) is 1. The summed E-state index contributed by atoms with van der Waals surface area (Å²) in [5.41, 5.74) is 1.04. The number of carboxylic acids is 1. The van der Waals surface area contributed by atoms with E-state index in [4.69, 9.17) is 5.11 Å². The minimum Gasteiger partial charge on any atom is -0.481 e. The molecule has 2 heterocycles. The third-order valence-corrected chi connectivity index (χ3v) is 5.11. The molecule has 0 spiro atoms. The number of aryl methyl sites for hydroxylation is 2. The van der Waals surface area contributed by atoms with Gasteiger partial charge in [-0.2, -0.15) is 0 Å². The highest BCUT2D eigenvalue weighted by Gasteiger charge is 2.26. The molecule has 5 nitrogen and oxygen atoms in total. The fourth-order valence-electron chi connectivity index (χ4n) is 2.97. The number of amides is 1. The van der Waals surface area contributed by atoms with E-state index in [2.05, 4.69) is 4.98 Å². The van der Waals surface area contributed by atoms with Gasteiger partial charge >= 0.3 is 5.97 Å². The maximum absolute atomic E-state index is 12.4. The highest BCUT2D eigenvalue weighted by atomic mass is 32.1. The van der Waals surface area contributed by atoms with Crippen LogP contribution in [0.2, 0.25) is 0 Å². The predicted molar refractivity (Wildman–Crippen MR) is 86.0 cm³/mol. The summed E-state index contributed by atoms with van der Waals surface area (Å²) in [6, 6.07) is 0.111. The van der Waals surface area contributed by atoms with Crippen LogP contribution < -0.4 is 0 Å². The standard InChI is InChI=1S/C16H24N2O3S/c1-12-11-22-14(17-12)6-4-7-15(19)18-10-3-2-5-13(18)8-9-16(20)21/h11,13H,2-10H2,1H3,(H,20,21). The van der Waals surface area contributed by atoms with Crippen LogP contribution in [0.1, 0.15) is 55.6 Å². The summed E-state index contributed by atoms with van der Waals surface area (Å²) in [7, 11) is 0. The Balaban J connectivity index is 1.79. The van der Waals surface area contributed by atoms with Crippen LogP contribution in [0.25, 0.3) is 0 Å². The lowest BCUT2D eigenvalue weighted by Crippen LogP contribution is -2.43. The van der Waals surface area contributed by atoms with Crippen LogP contribution in [0, 0.1) is 6.92 Å². The Morgan fingerprint density at radius 2 is 2.23 bits per heavy atom. The van der Waals surface area contributed by atoms with Gasteiger partial charge in [-0.05, 0) is 45.4 Å². The number of piperidine rings is 1. The summed E-state index contributed by atoms with van der Waals surface area (Å²) in [6.07, 6.45) is 5.96. The smallest absolute Gasteiger partial charge is 0.303 e.